The van der Waals surface area contributed by atoms with E-state index < -0.39 is 24.0 Å². The molecule has 1 unspecified atom stereocenters. The van der Waals surface area contributed by atoms with Gasteiger partial charge in [-0.1, -0.05) is 0 Å². The molecule has 7 nitrogen and oxygen atoms in total. The van der Waals surface area contributed by atoms with Crippen LogP contribution in [0.1, 0.15) is 19.3 Å². The van der Waals surface area contributed by atoms with Gasteiger partial charge in [-0.3, -0.25) is 4.79 Å². The Labute approximate surface area is 99.9 Å². The van der Waals surface area contributed by atoms with Gasteiger partial charge in [-0.15, -0.1) is 0 Å². The Morgan fingerprint density at radius 1 is 1.41 bits per heavy atom. The Hall–Kier alpha value is -1.18. The van der Waals surface area contributed by atoms with Crippen LogP contribution in [-0.4, -0.2) is 54.5 Å². The van der Waals surface area contributed by atoms with Crippen molar-refractivity contribution in [3.8, 4) is 0 Å². The van der Waals surface area contributed by atoms with E-state index in [1.54, 1.807) is 7.11 Å². The van der Waals surface area contributed by atoms with Gasteiger partial charge in [0, 0.05) is 26.7 Å². The molecule has 100 valence electrons. The number of amides is 1. The maximum atomic E-state index is 11.5. The number of methoxy groups -OCH3 is 1. The zero-order valence-corrected chi connectivity index (χ0v) is 9.89. The molecule has 0 saturated heterocycles. The summed E-state index contributed by atoms with van der Waals surface area (Å²) in [6.45, 7) is 0.191. The summed E-state index contributed by atoms with van der Waals surface area (Å²) < 4.78 is 4.82. The molecule has 2 atom stereocenters. The number of hydrogen-bond acceptors (Lipinski definition) is 5. The molecule has 17 heavy (non-hydrogen) atoms. The summed E-state index contributed by atoms with van der Waals surface area (Å²) >= 11 is 0. The number of carboxylic acids is 1. The lowest BCUT2D eigenvalue weighted by atomic mass is 10.1. The highest BCUT2D eigenvalue weighted by Crippen LogP contribution is 1.98. The monoisotopic (exact) mass is 248 g/mol. The fourth-order valence-corrected chi connectivity index (χ4v) is 1.24. The van der Waals surface area contributed by atoms with Gasteiger partial charge in [0.15, 0.2) is 0 Å². The zero-order chi connectivity index (χ0) is 13.3. The second kappa shape index (κ2) is 8.91. The van der Waals surface area contributed by atoms with Crippen LogP contribution < -0.4 is 11.1 Å². The Kier molecular flexibility index (Phi) is 8.29. The predicted octanol–water partition coefficient (Wildman–Crippen LogP) is -1.31. The van der Waals surface area contributed by atoms with E-state index in [4.69, 9.17) is 20.7 Å². The number of rotatable bonds is 9. The molecule has 0 aliphatic rings. The van der Waals surface area contributed by atoms with E-state index in [9.17, 15) is 9.59 Å². The van der Waals surface area contributed by atoms with Gasteiger partial charge in [0.2, 0.25) is 5.91 Å². The smallest absolute Gasteiger partial charge is 0.326 e. The number of nitrogens with two attached hydrogens (primary N) is 1. The van der Waals surface area contributed by atoms with Crippen molar-refractivity contribution in [3.05, 3.63) is 0 Å². The fourth-order valence-electron chi connectivity index (χ4n) is 1.24. The van der Waals surface area contributed by atoms with E-state index in [1.807, 2.05) is 0 Å². The van der Waals surface area contributed by atoms with Crippen LogP contribution in [0.5, 0.6) is 0 Å². The van der Waals surface area contributed by atoms with Crippen molar-refractivity contribution < 1.29 is 24.5 Å². The number of aliphatic hydroxyl groups excluding tert-OH is 1. The van der Waals surface area contributed by atoms with E-state index in [0.717, 1.165) is 0 Å². The topological polar surface area (TPSA) is 122 Å². The molecule has 0 aromatic carbocycles. The number of aliphatic hydroxyl groups is 1. The highest BCUT2D eigenvalue weighted by Gasteiger charge is 2.22. The number of ether oxygens (including phenoxy) is 1. The number of carbonyl (C=O) groups is 2. The van der Waals surface area contributed by atoms with Crippen LogP contribution in [0.2, 0.25) is 0 Å². The first-order valence-corrected chi connectivity index (χ1v) is 5.41. The molecule has 0 aliphatic carbocycles. The van der Waals surface area contributed by atoms with Crippen molar-refractivity contribution in [1.29, 1.82) is 0 Å². The average molecular weight is 248 g/mol. The van der Waals surface area contributed by atoms with Crippen LogP contribution in [-0.2, 0) is 14.3 Å². The summed E-state index contributed by atoms with van der Waals surface area (Å²) in [5.41, 5.74) is 5.58. The molecule has 0 aliphatic heterocycles. The van der Waals surface area contributed by atoms with E-state index >= 15 is 0 Å². The van der Waals surface area contributed by atoms with Gasteiger partial charge in [-0.05, 0) is 12.8 Å². The van der Waals surface area contributed by atoms with Crippen molar-refractivity contribution in [2.24, 2.45) is 5.73 Å². The predicted molar refractivity (Wildman–Crippen MR) is 60.4 cm³/mol. The Bertz CT molecular complexity index is 247. The molecule has 0 fully saturated rings. The van der Waals surface area contributed by atoms with Gasteiger partial charge in [0.25, 0.3) is 0 Å². The molecule has 0 bridgehead atoms. The molecule has 0 saturated carbocycles. The van der Waals surface area contributed by atoms with Crippen molar-refractivity contribution in [1.82, 2.24) is 5.32 Å². The van der Waals surface area contributed by atoms with Gasteiger partial charge >= 0.3 is 5.97 Å². The van der Waals surface area contributed by atoms with Crippen molar-refractivity contribution in [3.63, 3.8) is 0 Å². The first-order chi connectivity index (χ1) is 8.02. The normalized spacial score (nSPS) is 14.1. The van der Waals surface area contributed by atoms with Gasteiger partial charge in [-0.25, -0.2) is 4.79 Å². The van der Waals surface area contributed by atoms with Crippen LogP contribution in [0, 0.1) is 0 Å². The van der Waals surface area contributed by atoms with Gasteiger partial charge < -0.3 is 26.0 Å². The molecule has 7 heteroatoms. The molecule has 0 radical (unpaired) electrons. The summed E-state index contributed by atoms with van der Waals surface area (Å²) in [7, 11) is 1.55. The zero-order valence-electron chi connectivity index (χ0n) is 9.89. The van der Waals surface area contributed by atoms with E-state index in [1.165, 1.54) is 0 Å². The number of aliphatic carboxylic acids is 1. The maximum absolute atomic E-state index is 11.5. The largest absolute Gasteiger partial charge is 0.480 e. The molecule has 0 heterocycles. The second-order valence-electron chi connectivity index (χ2n) is 3.65. The third kappa shape index (κ3) is 6.88. The average Bonchev–Trinajstić information content (AvgIpc) is 2.28. The molecular weight excluding hydrogens is 228 g/mol. The first-order valence-electron chi connectivity index (χ1n) is 5.41. The molecule has 5 N–H and O–H groups in total. The number of carboxylic acid groups (broad SMARTS) is 1. The van der Waals surface area contributed by atoms with Crippen molar-refractivity contribution >= 4 is 11.9 Å². The molecule has 0 spiro atoms. The third-order valence-corrected chi connectivity index (χ3v) is 2.23. The summed E-state index contributed by atoms with van der Waals surface area (Å²) in [4.78, 5) is 22.2. The Morgan fingerprint density at radius 3 is 2.53 bits per heavy atom. The summed E-state index contributed by atoms with van der Waals surface area (Å²) in [5, 5.41) is 19.7. The van der Waals surface area contributed by atoms with Crippen LogP contribution in [0.4, 0.5) is 0 Å². The minimum atomic E-state index is -1.18. The lowest BCUT2D eigenvalue weighted by Crippen LogP contribution is -2.48. The highest BCUT2D eigenvalue weighted by molar-refractivity contribution is 5.86. The lowest BCUT2D eigenvalue weighted by Gasteiger charge is -2.16. The molecule has 0 aromatic rings. The van der Waals surface area contributed by atoms with Gasteiger partial charge in [-0.2, -0.15) is 0 Å². The maximum Gasteiger partial charge on any atom is 0.326 e. The minimum absolute atomic E-state index is 0.0358. The first kappa shape index (κ1) is 15.8. The summed E-state index contributed by atoms with van der Waals surface area (Å²) in [5.74, 6) is -1.71. The fraction of sp³-hybridized carbons (Fsp3) is 0.800. The number of hydrogen-bond donors (Lipinski definition) is 4. The van der Waals surface area contributed by atoms with Crippen molar-refractivity contribution in [2.45, 2.75) is 31.3 Å². The minimum Gasteiger partial charge on any atom is -0.480 e. The van der Waals surface area contributed by atoms with Crippen molar-refractivity contribution in [2.75, 3.05) is 20.3 Å². The molecule has 0 aromatic heterocycles. The Morgan fingerprint density at radius 2 is 2.06 bits per heavy atom. The Balaban J connectivity index is 4.06. The molecule has 0 rings (SSSR count). The molecular formula is C10H20N2O5. The second-order valence-corrected chi connectivity index (χ2v) is 3.65. The van der Waals surface area contributed by atoms with E-state index in [2.05, 4.69) is 5.32 Å². The van der Waals surface area contributed by atoms with Crippen LogP contribution in [0.15, 0.2) is 0 Å². The third-order valence-electron chi connectivity index (χ3n) is 2.23. The number of carbonyl (C=O) groups excluding carboxylic acids is 1. The number of nitrogens with one attached hydrogen (secondary N) is 1. The van der Waals surface area contributed by atoms with Crippen LogP contribution in [0.25, 0.3) is 0 Å². The van der Waals surface area contributed by atoms with E-state index in [-0.39, 0.29) is 13.0 Å². The van der Waals surface area contributed by atoms with E-state index in [0.29, 0.717) is 19.4 Å². The summed E-state index contributed by atoms with van der Waals surface area (Å²) in [6, 6.07) is -1.85. The van der Waals surface area contributed by atoms with Gasteiger partial charge in [0.1, 0.15) is 6.04 Å². The van der Waals surface area contributed by atoms with Gasteiger partial charge in [0.05, 0.1) is 6.04 Å². The van der Waals surface area contributed by atoms with Crippen LogP contribution in [0.3, 0.4) is 0 Å². The quantitative estimate of drug-likeness (QED) is 0.376. The summed E-state index contributed by atoms with van der Waals surface area (Å²) in [6.07, 6.45) is 1.01. The van der Waals surface area contributed by atoms with Crippen LogP contribution >= 0.6 is 0 Å². The SMILES string of the molecule is COCCCC(N)C(=O)N[C@H](CCO)C(=O)O. The highest BCUT2D eigenvalue weighted by atomic mass is 16.5. The lowest BCUT2D eigenvalue weighted by molar-refractivity contribution is -0.142. The standard InChI is InChI=1S/C10H20N2O5/c1-17-6-2-3-7(11)9(14)12-8(4-5-13)10(15)16/h7-8,13H,2-6,11H2,1H3,(H,12,14)(H,15,16)/t7?,8-/m1/s1. The molecule has 1 amide bonds.